The molecular formula is C10H4Cl2F2N2S. The Morgan fingerprint density at radius 2 is 1.76 bits per heavy atom. The molecule has 88 valence electrons. The van der Waals surface area contributed by atoms with Crippen molar-refractivity contribution in [3.8, 4) is 0 Å². The molecule has 0 aliphatic heterocycles. The molecule has 0 amide bonds. The molecule has 0 saturated carbocycles. The van der Waals surface area contributed by atoms with E-state index in [0.717, 1.165) is 23.9 Å². The van der Waals surface area contributed by atoms with Crippen LogP contribution in [0.3, 0.4) is 0 Å². The van der Waals surface area contributed by atoms with Crippen LogP contribution in [0.2, 0.25) is 10.3 Å². The van der Waals surface area contributed by atoms with Gasteiger partial charge in [0, 0.05) is 11.0 Å². The quantitative estimate of drug-likeness (QED) is 0.829. The molecule has 2 nitrogen and oxygen atoms in total. The zero-order valence-electron chi connectivity index (χ0n) is 8.12. The molecular weight excluding hydrogens is 289 g/mol. The maximum atomic E-state index is 13.4. The fraction of sp³-hybridized carbons (Fsp3) is 0. The summed E-state index contributed by atoms with van der Waals surface area (Å²) in [5, 5.41) is 7.39. The first kappa shape index (κ1) is 12.5. The van der Waals surface area contributed by atoms with Crippen molar-refractivity contribution in [3.63, 3.8) is 0 Å². The SMILES string of the molecule is Fc1ccc(Sc2cc(Cl)nnc2Cl)c(F)c1. The molecule has 0 radical (unpaired) electrons. The molecule has 0 fully saturated rings. The second-order valence-electron chi connectivity index (χ2n) is 3.00. The van der Waals surface area contributed by atoms with Crippen molar-refractivity contribution in [1.29, 1.82) is 0 Å². The summed E-state index contributed by atoms with van der Waals surface area (Å²) in [5.41, 5.74) is 0. The van der Waals surface area contributed by atoms with E-state index in [2.05, 4.69) is 10.2 Å². The summed E-state index contributed by atoms with van der Waals surface area (Å²) in [6, 6.07) is 4.74. The molecule has 0 unspecified atom stereocenters. The van der Waals surface area contributed by atoms with E-state index in [1.807, 2.05) is 0 Å². The van der Waals surface area contributed by atoms with Crippen LogP contribution in [0.4, 0.5) is 8.78 Å². The predicted octanol–water partition coefficient (Wildman–Crippen LogP) is 4.21. The first-order valence-corrected chi connectivity index (χ1v) is 5.95. The molecule has 0 aliphatic carbocycles. The molecule has 1 aromatic carbocycles. The van der Waals surface area contributed by atoms with Crippen molar-refractivity contribution < 1.29 is 8.78 Å². The lowest BCUT2D eigenvalue weighted by Gasteiger charge is -2.04. The van der Waals surface area contributed by atoms with Crippen molar-refractivity contribution in [2.45, 2.75) is 9.79 Å². The van der Waals surface area contributed by atoms with Gasteiger partial charge in [-0.1, -0.05) is 35.0 Å². The van der Waals surface area contributed by atoms with Gasteiger partial charge in [-0.25, -0.2) is 8.78 Å². The van der Waals surface area contributed by atoms with Crippen LogP contribution in [0.5, 0.6) is 0 Å². The number of nitrogens with zero attached hydrogens (tertiary/aromatic N) is 2. The molecule has 17 heavy (non-hydrogen) atoms. The molecule has 0 saturated heterocycles. The standard InChI is InChI=1S/C10H4Cl2F2N2S/c11-9-4-8(10(12)16-15-9)17-7-2-1-5(13)3-6(7)14/h1-4H. The van der Waals surface area contributed by atoms with Crippen LogP contribution in [0, 0.1) is 11.6 Å². The van der Waals surface area contributed by atoms with Crippen molar-refractivity contribution in [3.05, 3.63) is 46.2 Å². The molecule has 2 aromatic rings. The minimum absolute atomic E-state index is 0.114. The topological polar surface area (TPSA) is 25.8 Å². The largest absolute Gasteiger partial charge is 0.207 e. The van der Waals surface area contributed by atoms with E-state index in [0.29, 0.717) is 4.90 Å². The van der Waals surface area contributed by atoms with Gasteiger partial charge in [-0.3, -0.25) is 0 Å². The lowest BCUT2D eigenvalue weighted by molar-refractivity contribution is 0.565. The summed E-state index contributed by atoms with van der Waals surface area (Å²) in [4.78, 5) is 0.689. The molecule has 1 heterocycles. The lowest BCUT2D eigenvalue weighted by Crippen LogP contribution is -1.88. The van der Waals surface area contributed by atoms with E-state index >= 15 is 0 Å². The fourth-order valence-electron chi connectivity index (χ4n) is 1.09. The zero-order valence-corrected chi connectivity index (χ0v) is 10.5. The summed E-state index contributed by atoms with van der Waals surface area (Å²) >= 11 is 12.4. The van der Waals surface area contributed by atoms with E-state index < -0.39 is 11.6 Å². The van der Waals surface area contributed by atoms with Crippen molar-refractivity contribution in [2.75, 3.05) is 0 Å². The van der Waals surface area contributed by atoms with Gasteiger partial charge in [-0.15, -0.1) is 10.2 Å². The van der Waals surface area contributed by atoms with Crippen LogP contribution in [0.25, 0.3) is 0 Å². The lowest BCUT2D eigenvalue weighted by atomic mass is 10.3. The second kappa shape index (κ2) is 5.16. The van der Waals surface area contributed by atoms with Gasteiger partial charge in [0.2, 0.25) is 0 Å². The maximum Gasteiger partial charge on any atom is 0.165 e. The Balaban J connectivity index is 2.34. The van der Waals surface area contributed by atoms with Crippen LogP contribution >= 0.6 is 35.0 Å². The molecule has 7 heteroatoms. The Bertz CT molecular complexity index is 566. The van der Waals surface area contributed by atoms with Crippen molar-refractivity contribution in [1.82, 2.24) is 10.2 Å². The third-order valence-corrected chi connectivity index (χ3v) is 3.46. The van der Waals surface area contributed by atoms with Crippen LogP contribution in [0.1, 0.15) is 0 Å². The minimum atomic E-state index is -0.668. The Kier molecular flexibility index (Phi) is 3.81. The number of rotatable bonds is 2. The van der Waals surface area contributed by atoms with Crippen LogP contribution in [0.15, 0.2) is 34.1 Å². The van der Waals surface area contributed by atoms with Crippen LogP contribution in [-0.2, 0) is 0 Å². The van der Waals surface area contributed by atoms with Gasteiger partial charge in [0.05, 0.1) is 4.90 Å². The second-order valence-corrected chi connectivity index (χ2v) is 4.83. The van der Waals surface area contributed by atoms with Gasteiger partial charge < -0.3 is 0 Å². The number of benzene rings is 1. The Morgan fingerprint density at radius 3 is 2.47 bits per heavy atom. The molecule has 0 aliphatic rings. The van der Waals surface area contributed by atoms with Crippen LogP contribution < -0.4 is 0 Å². The average Bonchev–Trinajstić information content (AvgIpc) is 2.27. The molecule has 1 aromatic heterocycles. The highest BCUT2D eigenvalue weighted by Crippen LogP contribution is 2.34. The smallest absolute Gasteiger partial charge is 0.165 e. The number of halogens is 4. The van der Waals surface area contributed by atoms with Crippen molar-refractivity contribution >= 4 is 35.0 Å². The maximum absolute atomic E-state index is 13.4. The highest BCUT2D eigenvalue weighted by Gasteiger charge is 2.10. The Hall–Kier alpha value is -0.910. The molecule has 0 spiro atoms. The van der Waals surface area contributed by atoms with Crippen molar-refractivity contribution in [2.24, 2.45) is 0 Å². The van der Waals surface area contributed by atoms with Gasteiger partial charge in [-0.05, 0) is 18.2 Å². The number of hydrogen-bond acceptors (Lipinski definition) is 3. The summed E-state index contributed by atoms with van der Waals surface area (Å²) in [7, 11) is 0. The van der Waals surface area contributed by atoms with Gasteiger partial charge in [0.25, 0.3) is 0 Å². The molecule has 0 N–H and O–H groups in total. The summed E-state index contributed by atoms with van der Waals surface area (Å²) in [6.45, 7) is 0. The van der Waals surface area contributed by atoms with E-state index in [-0.39, 0.29) is 15.2 Å². The molecule has 2 rings (SSSR count). The van der Waals surface area contributed by atoms with E-state index in [4.69, 9.17) is 23.2 Å². The van der Waals surface area contributed by atoms with E-state index in [1.54, 1.807) is 0 Å². The first-order chi connectivity index (χ1) is 8.06. The third-order valence-electron chi connectivity index (χ3n) is 1.80. The summed E-state index contributed by atoms with van der Waals surface area (Å²) < 4.78 is 26.1. The predicted molar refractivity (Wildman–Crippen MR) is 62.5 cm³/mol. The van der Waals surface area contributed by atoms with Gasteiger partial charge in [0.1, 0.15) is 11.6 Å². The Morgan fingerprint density at radius 1 is 1.00 bits per heavy atom. The van der Waals surface area contributed by atoms with E-state index in [9.17, 15) is 8.78 Å². The van der Waals surface area contributed by atoms with Gasteiger partial charge in [0.15, 0.2) is 10.3 Å². The summed E-state index contributed by atoms with van der Waals surface area (Å²) in [6.07, 6.45) is 0. The van der Waals surface area contributed by atoms with Crippen LogP contribution in [-0.4, -0.2) is 10.2 Å². The average molecular weight is 293 g/mol. The van der Waals surface area contributed by atoms with E-state index in [1.165, 1.54) is 12.1 Å². The highest BCUT2D eigenvalue weighted by molar-refractivity contribution is 7.99. The molecule has 0 bridgehead atoms. The number of hydrogen-bond donors (Lipinski definition) is 0. The fourth-order valence-corrected chi connectivity index (χ4v) is 2.33. The summed E-state index contributed by atoms with van der Waals surface area (Å²) in [5.74, 6) is -1.30. The normalized spacial score (nSPS) is 10.6. The molecule has 0 atom stereocenters. The zero-order chi connectivity index (χ0) is 12.4. The highest BCUT2D eigenvalue weighted by atomic mass is 35.5. The Labute approximate surface area is 110 Å². The third kappa shape index (κ3) is 3.06. The first-order valence-electron chi connectivity index (χ1n) is 4.38. The van der Waals surface area contributed by atoms with Gasteiger partial charge >= 0.3 is 0 Å². The minimum Gasteiger partial charge on any atom is -0.207 e. The number of aromatic nitrogens is 2. The van der Waals surface area contributed by atoms with Gasteiger partial charge in [-0.2, -0.15) is 0 Å². The monoisotopic (exact) mass is 292 g/mol.